The van der Waals surface area contributed by atoms with Gasteiger partial charge in [-0.1, -0.05) is 32.0 Å². The molecule has 122 valence electrons. The van der Waals surface area contributed by atoms with Crippen LogP contribution in [0.15, 0.2) is 18.2 Å². The number of para-hydroxylation sites is 1. The van der Waals surface area contributed by atoms with Crippen LogP contribution in [0.1, 0.15) is 37.3 Å². The van der Waals surface area contributed by atoms with E-state index in [4.69, 9.17) is 0 Å². The van der Waals surface area contributed by atoms with Crippen LogP contribution in [-0.2, 0) is 9.84 Å². The predicted molar refractivity (Wildman–Crippen MR) is 89.1 cm³/mol. The predicted octanol–water partition coefficient (Wildman–Crippen LogP) is 2.77. The molecule has 0 spiro atoms. The number of anilines is 1. The number of hydrogen-bond donors (Lipinski definition) is 1. The SMILES string of the molecule is Cc1cccc(C(C)C)c1NC(=O)N(C)C1CCS(=O)(=O)C1. The standard InChI is InChI=1S/C16H24N2O3S/c1-11(2)14-7-5-6-12(3)15(14)17-16(19)18(4)13-8-9-22(20,21)10-13/h5-7,11,13H,8-10H2,1-4H3,(H,17,19). The summed E-state index contributed by atoms with van der Waals surface area (Å²) in [5.41, 5.74) is 2.92. The van der Waals surface area contributed by atoms with Crippen LogP contribution in [0.5, 0.6) is 0 Å². The van der Waals surface area contributed by atoms with E-state index in [0.717, 1.165) is 16.8 Å². The average Bonchev–Trinajstić information content (AvgIpc) is 2.80. The first-order chi connectivity index (χ1) is 10.2. The van der Waals surface area contributed by atoms with E-state index in [0.29, 0.717) is 12.3 Å². The molecule has 22 heavy (non-hydrogen) atoms. The van der Waals surface area contributed by atoms with Crippen molar-refractivity contribution in [2.24, 2.45) is 0 Å². The quantitative estimate of drug-likeness (QED) is 0.929. The van der Waals surface area contributed by atoms with Gasteiger partial charge in [0.05, 0.1) is 11.5 Å². The first-order valence-corrected chi connectivity index (χ1v) is 9.37. The molecule has 1 N–H and O–H groups in total. The first kappa shape index (κ1) is 16.8. The van der Waals surface area contributed by atoms with E-state index in [1.54, 1.807) is 7.05 Å². The van der Waals surface area contributed by atoms with Gasteiger partial charge in [0.25, 0.3) is 0 Å². The molecule has 5 nitrogen and oxygen atoms in total. The Labute approximate surface area is 132 Å². The second kappa shape index (κ2) is 6.28. The molecule has 1 aromatic rings. The molecule has 1 unspecified atom stereocenters. The minimum atomic E-state index is -3.00. The Morgan fingerprint density at radius 1 is 1.36 bits per heavy atom. The zero-order valence-electron chi connectivity index (χ0n) is 13.6. The lowest BCUT2D eigenvalue weighted by Crippen LogP contribution is -2.40. The monoisotopic (exact) mass is 324 g/mol. The normalized spacial score (nSPS) is 20.1. The Morgan fingerprint density at radius 2 is 2.05 bits per heavy atom. The number of urea groups is 1. The van der Waals surface area contributed by atoms with Crippen LogP contribution in [0.2, 0.25) is 0 Å². The van der Waals surface area contributed by atoms with Crippen molar-refractivity contribution in [2.75, 3.05) is 23.9 Å². The van der Waals surface area contributed by atoms with Gasteiger partial charge in [-0.05, 0) is 30.4 Å². The minimum absolute atomic E-state index is 0.0573. The number of amides is 2. The molecule has 1 heterocycles. The highest BCUT2D eigenvalue weighted by atomic mass is 32.2. The summed E-state index contributed by atoms with van der Waals surface area (Å²) < 4.78 is 23.1. The fourth-order valence-electron chi connectivity index (χ4n) is 2.78. The van der Waals surface area contributed by atoms with Crippen LogP contribution in [0.25, 0.3) is 0 Å². The summed E-state index contributed by atoms with van der Waals surface area (Å²) in [5, 5.41) is 2.96. The fraction of sp³-hybridized carbons (Fsp3) is 0.562. The number of benzene rings is 1. The van der Waals surface area contributed by atoms with E-state index in [1.165, 1.54) is 4.90 Å². The van der Waals surface area contributed by atoms with Gasteiger partial charge in [0, 0.05) is 18.8 Å². The van der Waals surface area contributed by atoms with Gasteiger partial charge in [0.1, 0.15) is 0 Å². The molecule has 1 aliphatic rings. The molecule has 2 rings (SSSR count). The van der Waals surface area contributed by atoms with Crippen molar-refractivity contribution in [3.8, 4) is 0 Å². The Morgan fingerprint density at radius 3 is 2.59 bits per heavy atom. The molecule has 6 heteroatoms. The second-order valence-electron chi connectivity index (χ2n) is 6.29. The number of sulfone groups is 1. The fourth-order valence-corrected chi connectivity index (χ4v) is 4.56. The molecule has 0 bridgehead atoms. The van der Waals surface area contributed by atoms with Gasteiger partial charge in [0.15, 0.2) is 9.84 Å². The maximum atomic E-state index is 12.5. The summed E-state index contributed by atoms with van der Waals surface area (Å²) in [7, 11) is -1.34. The number of rotatable bonds is 3. The van der Waals surface area contributed by atoms with Crippen molar-refractivity contribution in [1.29, 1.82) is 0 Å². The summed E-state index contributed by atoms with van der Waals surface area (Å²) in [6.07, 6.45) is 0.511. The summed E-state index contributed by atoms with van der Waals surface area (Å²) in [6, 6.07) is 5.46. The van der Waals surface area contributed by atoms with Gasteiger partial charge < -0.3 is 10.2 Å². The Kier molecular flexibility index (Phi) is 4.80. The topological polar surface area (TPSA) is 66.5 Å². The molecular weight excluding hydrogens is 300 g/mol. The maximum absolute atomic E-state index is 12.5. The number of aryl methyl sites for hydroxylation is 1. The first-order valence-electron chi connectivity index (χ1n) is 7.55. The zero-order valence-corrected chi connectivity index (χ0v) is 14.4. The molecule has 1 atom stereocenters. The number of carbonyl (C=O) groups is 1. The highest BCUT2D eigenvalue weighted by molar-refractivity contribution is 7.91. The van der Waals surface area contributed by atoms with Gasteiger partial charge in [-0.2, -0.15) is 0 Å². The van der Waals surface area contributed by atoms with Crippen molar-refractivity contribution in [2.45, 2.75) is 39.2 Å². The molecule has 1 saturated heterocycles. The van der Waals surface area contributed by atoms with E-state index in [2.05, 4.69) is 19.2 Å². The molecule has 0 aliphatic carbocycles. The smallest absolute Gasteiger partial charge is 0.321 e. The Hall–Kier alpha value is -1.56. The minimum Gasteiger partial charge on any atom is -0.324 e. The van der Waals surface area contributed by atoms with Gasteiger partial charge in [-0.25, -0.2) is 13.2 Å². The Balaban J connectivity index is 2.16. The highest BCUT2D eigenvalue weighted by Gasteiger charge is 2.33. The molecule has 1 fully saturated rings. The summed E-state index contributed by atoms with van der Waals surface area (Å²) in [5.74, 6) is 0.519. The van der Waals surface area contributed by atoms with E-state index in [9.17, 15) is 13.2 Å². The number of carbonyl (C=O) groups excluding carboxylic acids is 1. The average molecular weight is 324 g/mol. The summed E-state index contributed by atoms with van der Waals surface area (Å²) in [4.78, 5) is 14.0. The lowest BCUT2D eigenvalue weighted by atomic mass is 9.98. The van der Waals surface area contributed by atoms with Crippen molar-refractivity contribution in [3.05, 3.63) is 29.3 Å². The lowest BCUT2D eigenvalue weighted by Gasteiger charge is -2.25. The second-order valence-corrected chi connectivity index (χ2v) is 8.52. The van der Waals surface area contributed by atoms with Gasteiger partial charge >= 0.3 is 6.03 Å². The van der Waals surface area contributed by atoms with Crippen molar-refractivity contribution < 1.29 is 13.2 Å². The molecule has 0 radical (unpaired) electrons. The lowest BCUT2D eigenvalue weighted by molar-refractivity contribution is 0.209. The van der Waals surface area contributed by atoms with Gasteiger partial charge in [0.2, 0.25) is 0 Å². The molecule has 1 aromatic carbocycles. The largest absolute Gasteiger partial charge is 0.324 e. The van der Waals surface area contributed by atoms with Crippen molar-refractivity contribution in [1.82, 2.24) is 4.90 Å². The molecule has 0 saturated carbocycles. The van der Waals surface area contributed by atoms with Crippen LogP contribution >= 0.6 is 0 Å². The maximum Gasteiger partial charge on any atom is 0.321 e. The van der Waals surface area contributed by atoms with E-state index in [1.807, 2.05) is 25.1 Å². The molecule has 0 aromatic heterocycles. The van der Waals surface area contributed by atoms with E-state index in [-0.39, 0.29) is 23.6 Å². The number of nitrogens with one attached hydrogen (secondary N) is 1. The van der Waals surface area contributed by atoms with Crippen molar-refractivity contribution in [3.63, 3.8) is 0 Å². The van der Waals surface area contributed by atoms with Crippen LogP contribution in [-0.4, -0.2) is 43.9 Å². The van der Waals surface area contributed by atoms with E-state index < -0.39 is 9.84 Å². The summed E-state index contributed by atoms with van der Waals surface area (Å²) in [6.45, 7) is 6.12. The number of hydrogen-bond acceptors (Lipinski definition) is 3. The summed E-state index contributed by atoms with van der Waals surface area (Å²) >= 11 is 0. The third kappa shape index (κ3) is 3.61. The molecular formula is C16H24N2O3S. The van der Waals surface area contributed by atoms with Crippen LogP contribution in [0.3, 0.4) is 0 Å². The van der Waals surface area contributed by atoms with Crippen LogP contribution < -0.4 is 5.32 Å². The van der Waals surface area contributed by atoms with Crippen LogP contribution in [0, 0.1) is 6.92 Å². The molecule has 1 aliphatic heterocycles. The zero-order chi connectivity index (χ0) is 16.5. The molecule has 2 amide bonds. The van der Waals surface area contributed by atoms with Crippen LogP contribution in [0.4, 0.5) is 10.5 Å². The van der Waals surface area contributed by atoms with E-state index >= 15 is 0 Å². The van der Waals surface area contributed by atoms with Crippen molar-refractivity contribution >= 4 is 21.6 Å². The van der Waals surface area contributed by atoms with Gasteiger partial charge in [-0.3, -0.25) is 0 Å². The number of nitrogens with zero attached hydrogens (tertiary/aromatic N) is 1. The highest BCUT2D eigenvalue weighted by Crippen LogP contribution is 2.28. The third-order valence-electron chi connectivity index (χ3n) is 4.24. The Bertz CT molecular complexity index is 668. The third-order valence-corrected chi connectivity index (χ3v) is 5.99. The van der Waals surface area contributed by atoms with Gasteiger partial charge in [-0.15, -0.1) is 0 Å².